The summed E-state index contributed by atoms with van der Waals surface area (Å²) in [6, 6.07) is 10.4. The summed E-state index contributed by atoms with van der Waals surface area (Å²) >= 11 is 7.74. The minimum Gasteiger partial charge on any atom is -0.326 e. The third-order valence-corrected chi connectivity index (χ3v) is 4.12. The van der Waals surface area contributed by atoms with E-state index in [0.29, 0.717) is 0 Å². The molecule has 0 aliphatic heterocycles. The molecule has 2 aromatic rings. The highest BCUT2D eigenvalue weighted by molar-refractivity contribution is 7.07. The second-order valence-corrected chi connectivity index (χ2v) is 6.12. The molecule has 2 unspecified atom stereocenters. The maximum Gasteiger partial charge on any atom is 0.0505 e. The average molecular weight is 295 g/mol. The van der Waals surface area contributed by atoms with Crippen molar-refractivity contribution >= 4 is 22.9 Å². The Kier molecular flexibility index (Phi) is 4.99. The van der Waals surface area contributed by atoms with Gasteiger partial charge < -0.3 is 5.73 Å². The molecule has 2 nitrogen and oxygen atoms in total. The molecule has 0 fully saturated rings. The fourth-order valence-corrected chi connectivity index (χ4v) is 3.33. The van der Waals surface area contributed by atoms with Gasteiger partial charge in [-0.3, -0.25) is 4.90 Å². The van der Waals surface area contributed by atoms with Crippen LogP contribution < -0.4 is 5.73 Å². The van der Waals surface area contributed by atoms with Gasteiger partial charge in [-0.15, -0.1) is 0 Å². The van der Waals surface area contributed by atoms with Gasteiger partial charge in [0, 0.05) is 17.6 Å². The summed E-state index contributed by atoms with van der Waals surface area (Å²) in [6.45, 7) is 2.89. The lowest BCUT2D eigenvalue weighted by atomic mass is 10.0. The Morgan fingerprint density at radius 2 is 2.16 bits per heavy atom. The summed E-state index contributed by atoms with van der Waals surface area (Å²) in [5, 5.41) is 5.04. The lowest BCUT2D eigenvalue weighted by Gasteiger charge is -2.30. The van der Waals surface area contributed by atoms with Crippen LogP contribution in [-0.2, 0) is 6.54 Å². The lowest BCUT2D eigenvalue weighted by Crippen LogP contribution is -2.36. The second-order valence-electron chi connectivity index (χ2n) is 4.91. The molecule has 4 heteroatoms. The van der Waals surface area contributed by atoms with Gasteiger partial charge in [-0.25, -0.2) is 0 Å². The molecule has 19 heavy (non-hydrogen) atoms. The summed E-state index contributed by atoms with van der Waals surface area (Å²) in [4.78, 5) is 2.28. The molecule has 0 amide bonds. The van der Waals surface area contributed by atoms with E-state index in [1.807, 2.05) is 18.2 Å². The number of likely N-dealkylation sites (N-methyl/N-ethyl adjacent to an activating group) is 1. The zero-order valence-electron chi connectivity index (χ0n) is 11.2. The Labute approximate surface area is 123 Å². The number of benzene rings is 1. The Hall–Kier alpha value is -0.870. The molecule has 2 rings (SSSR count). The molecule has 0 aliphatic carbocycles. The topological polar surface area (TPSA) is 29.3 Å². The smallest absolute Gasteiger partial charge is 0.0505 e. The van der Waals surface area contributed by atoms with E-state index in [0.717, 1.165) is 11.6 Å². The van der Waals surface area contributed by atoms with Gasteiger partial charge >= 0.3 is 0 Å². The number of hydrogen-bond acceptors (Lipinski definition) is 3. The maximum absolute atomic E-state index is 6.15. The Morgan fingerprint density at radius 3 is 2.74 bits per heavy atom. The summed E-state index contributed by atoms with van der Waals surface area (Å²) in [6.07, 6.45) is 0. The van der Waals surface area contributed by atoms with E-state index in [2.05, 4.69) is 41.8 Å². The van der Waals surface area contributed by atoms with Gasteiger partial charge in [0.25, 0.3) is 0 Å². The van der Waals surface area contributed by atoms with Crippen LogP contribution in [0.1, 0.15) is 24.1 Å². The molecule has 1 heterocycles. The summed E-state index contributed by atoms with van der Waals surface area (Å²) in [5.41, 5.74) is 8.64. The molecular weight excluding hydrogens is 276 g/mol. The summed E-state index contributed by atoms with van der Waals surface area (Å²) < 4.78 is 0. The van der Waals surface area contributed by atoms with E-state index in [-0.39, 0.29) is 12.1 Å². The van der Waals surface area contributed by atoms with E-state index in [1.54, 1.807) is 11.3 Å². The highest BCUT2D eigenvalue weighted by Crippen LogP contribution is 2.26. The summed E-state index contributed by atoms with van der Waals surface area (Å²) in [5.74, 6) is 0. The molecule has 0 saturated carbocycles. The highest BCUT2D eigenvalue weighted by atomic mass is 35.5. The predicted molar refractivity (Wildman–Crippen MR) is 83.6 cm³/mol. The van der Waals surface area contributed by atoms with E-state index in [1.165, 1.54) is 11.1 Å². The van der Waals surface area contributed by atoms with Crippen LogP contribution in [0.3, 0.4) is 0 Å². The van der Waals surface area contributed by atoms with Crippen LogP contribution in [0.5, 0.6) is 0 Å². The van der Waals surface area contributed by atoms with Crippen molar-refractivity contribution in [3.8, 4) is 0 Å². The van der Waals surface area contributed by atoms with E-state index in [4.69, 9.17) is 17.3 Å². The van der Waals surface area contributed by atoms with Crippen LogP contribution in [0.2, 0.25) is 5.02 Å². The van der Waals surface area contributed by atoms with Gasteiger partial charge in [0.15, 0.2) is 0 Å². The normalized spacial score (nSPS) is 14.6. The molecule has 0 radical (unpaired) electrons. The standard InChI is InChI=1S/C15H19ClN2S/c1-11(17)15(13-6-7-19-10-13)18(2)9-12-4-3-5-14(16)8-12/h3-8,10-11,15H,9,17H2,1-2H3. The largest absolute Gasteiger partial charge is 0.326 e. The molecule has 0 aliphatic rings. The van der Waals surface area contributed by atoms with Crippen molar-refractivity contribution in [2.75, 3.05) is 7.05 Å². The molecule has 0 bridgehead atoms. The fourth-order valence-electron chi connectivity index (χ4n) is 2.42. The third kappa shape index (κ3) is 3.80. The van der Waals surface area contributed by atoms with Gasteiger partial charge in [-0.2, -0.15) is 11.3 Å². The molecule has 2 atom stereocenters. The third-order valence-electron chi connectivity index (χ3n) is 3.18. The molecule has 2 N–H and O–H groups in total. The number of halogens is 1. The minimum absolute atomic E-state index is 0.0822. The number of rotatable bonds is 5. The van der Waals surface area contributed by atoms with E-state index >= 15 is 0 Å². The maximum atomic E-state index is 6.15. The van der Waals surface area contributed by atoms with Crippen molar-refractivity contribution in [1.29, 1.82) is 0 Å². The fraction of sp³-hybridized carbons (Fsp3) is 0.333. The Balaban J connectivity index is 2.14. The van der Waals surface area contributed by atoms with Gasteiger partial charge in [-0.05, 0) is 54.1 Å². The van der Waals surface area contributed by atoms with Crippen molar-refractivity contribution < 1.29 is 0 Å². The van der Waals surface area contributed by atoms with Crippen LogP contribution in [0.15, 0.2) is 41.1 Å². The molecule has 1 aromatic heterocycles. The van der Waals surface area contributed by atoms with Crippen molar-refractivity contribution in [1.82, 2.24) is 4.90 Å². The first-order valence-electron chi connectivity index (χ1n) is 6.30. The first kappa shape index (κ1) is 14.5. The Bertz CT molecular complexity index is 511. The predicted octanol–water partition coefficient (Wildman–Crippen LogP) is 3.92. The lowest BCUT2D eigenvalue weighted by molar-refractivity contribution is 0.211. The number of nitrogens with two attached hydrogens (primary N) is 1. The van der Waals surface area contributed by atoms with Crippen LogP contribution in [0.25, 0.3) is 0 Å². The molecule has 1 aromatic carbocycles. The zero-order chi connectivity index (χ0) is 13.8. The van der Waals surface area contributed by atoms with E-state index in [9.17, 15) is 0 Å². The first-order valence-corrected chi connectivity index (χ1v) is 7.62. The van der Waals surface area contributed by atoms with E-state index < -0.39 is 0 Å². The second kappa shape index (κ2) is 6.53. The van der Waals surface area contributed by atoms with Gasteiger partial charge in [0.2, 0.25) is 0 Å². The van der Waals surface area contributed by atoms with Crippen LogP contribution in [0, 0.1) is 0 Å². The van der Waals surface area contributed by atoms with Crippen LogP contribution in [-0.4, -0.2) is 18.0 Å². The molecule has 0 spiro atoms. The molecule has 102 valence electrons. The number of thiophene rings is 1. The molecular formula is C15H19ClN2S. The van der Waals surface area contributed by atoms with Gasteiger partial charge in [-0.1, -0.05) is 23.7 Å². The van der Waals surface area contributed by atoms with Gasteiger partial charge in [0.1, 0.15) is 0 Å². The number of hydrogen-bond donors (Lipinski definition) is 1. The average Bonchev–Trinajstić information content (AvgIpc) is 2.82. The van der Waals surface area contributed by atoms with Crippen molar-refractivity contribution in [2.24, 2.45) is 5.73 Å². The highest BCUT2D eigenvalue weighted by Gasteiger charge is 2.21. The zero-order valence-corrected chi connectivity index (χ0v) is 12.8. The SMILES string of the molecule is CC(N)C(c1ccsc1)N(C)Cc1cccc(Cl)c1. The van der Waals surface area contributed by atoms with Crippen LogP contribution >= 0.6 is 22.9 Å². The van der Waals surface area contributed by atoms with Gasteiger partial charge in [0.05, 0.1) is 6.04 Å². The quantitative estimate of drug-likeness (QED) is 0.905. The minimum atomic E-state index is 0.0822. The first-order chi connectivity index (χ1) is 9.08. The van der Waals surface area contributed by atoms with Crippen molar-refractivity contribution in [3.63, 3.8) is 0 Å². The Morgan fingerprint density at radius 1 is 1.37 bits per heavy atom. The number of nitrogens with zero attached hydrogens (tertiary/aromatic N) is 1. The van der Waals surface area contributed by atoms with Crippen LogP contribution in [0.4, 0.5) is 0 Å². The summed E-state index contributed by atoms with van der Waals surface area (Å²) in [7, 11) is 2.10. The molecule has 0 saturated heterocycles. The van der Waals surface area contributed by atoms with Crippen molar-refractivity contribution in [3.05, 3.63) is 57.2 Å². The van der Waals surface area contributed by atoms with Crippen molar-refractivity contribution in [2.45, 2.75) is 25.6 Å². The monoisotopic (exact) mass is 294 g/mol.